The number of nitrogens with zero attached hydrogens (tertiary/aromatic N) is 1. The van der Waals surface area contributed by atoms with Crippen LogP contribution in [0.25, 0.3) is 0 Å². The summed E-state index contributed by atoms with van der Waals surface area (Å²) in [6.07, 6.45) is 0.140. The van der Waals surface area contributed by atoms with E-state index in [0.29, 0.717) is 23.7 Å². The second-order valence-corrected chi connectivity index (χ2v) is 6.33. The fourth-order valence-electron chi connectivity index (χ4n) is 1.85. The molecule has 0 saturated carbocycles. The van der Waals surface area contributed by atoms with E-state index in [-0.39, 0.29) is 12.2 Å². The molecule has 128 valence electrons. The number of nitro groups is 1. The number of carbonyl (C=O) groups excluding carboxylic acids is 1. The molecular weight excluding hydrogens is 322 g/mol. The van der Waals surface area contributed by atoms with Crippen LogP contribution in [-0.2, 0) is 11.2 Å². The highest BCUT2D eigenvalue weighted by atomic mass is 35.5. The van der Waals surface area contributed by atoms with Crippen LogP contribution in [0.4, 0.5) is 16.2 Å². The second-order valence-electron chi connectivity index (χ2n) is 5.93. The van der Waals surface area contributed by atoms with Gasteiger partial charge in [0, 0.05) is 19.2 Å². The zero-order valence-electron chi connectivity index (χ0n) is 13.7. The Hall–Kier alpha value is -2.02. The smallest absolute Gasteiger partial charge is 0.407 e. The molecule has 0 heterocycles. The number of rotatable bonds is 6. The van der Waals surface area contributed by atoms with Crippen molar-refractivity contribution in [2.45, 2.75) is 39.7 Å². The Morgan fingerprint density at radius 3 is 2.52 bits per heavy atom. The molecule has 7 nitrogen and oxygen atoms in total. The highest BCUT2D eigenvalue weighted by Gasteiger charge is 2.18. The van der Waals surface area contributed by atoms with Crippen molar-refractivity contribution in [3.8, 4) is 0 Å². The van der Waals surface area contributed by atoms with E-state index in [4.69, 9.17) is 16.3 Å². The molecule has 1 rings (SSSR count). The summed E-state index contributed by atoms with van der Waals surface area (Å²) in [6, 6.07) is 3.00. The summed E-state index contributed by atoms with van der Waals surface area (Å²) >= 11 is 6.00. The first-order chi connectivity index (χ1) is 10.6. The monoisotopic (exact) mass is 343 g/mol. The Balaban J connectivity index is 2.64. The molecular formula is C15H22ClN3O4. The number of aryl methyl sites for hydroxylation is 1. The third kappa shape index (κ3) is 6.32. The number of carbonyl (C=O) groups is 1. The van der Waals surface area contributed by atoms with E-state index >= 15 is 0 Å². The number of alkyl carbamates (subject to hydrolysis) is 1. The van der Waals surface area contributed by atoms with Crippen LogP contribution in [0.15, 0.2) is 12.1 Å². The van der Waals surface area contributed by atoms with E-state index in [0.717, 1.165) is 5.56 Å². The van der Waals surface area contributed by atoms with Crippen LogP contribution in [0.5, 0.6) is 0 Å². The van der Waals surface area contributed by atoms with Gasteiger partial charge in [-0.1, -0.05) is 18.5 Å². The van der Waals surface area contributed by atoms with E-state index < -0.39 is 16.6 Å². The minimum absolute atomic E-state index is 0.0931. The fourth-order valence-corrected chi connectivity index (χ4v) is 2.14. The molecule has 8 heteroatoms. The molecule has 0 saturated heterocycles. The van der Waals surface area contributed by atoms with Crippen molar-refractivity contribution >= 4 is 29.1 Å². The predicted octanol–water partition coefficient (Wildman–Crippen LogP) is 3.75. The number of amides is 1. The fraction of sp³-hybridized carbons (Fsp3) is 0.533. The topological polar surface area (TPSA) is 93.5 Å². The third-order valence-corrected chi connectivity index (χ3v) is 3.20. The molecule has 2 N–H and O–H groups in total. The first kappa shape index (κ1) is 19.0. The van der Waals surface area contributed by atoms with Crippen LogP contribution < -0.4 is 10.6 Å². The maximum Gasteiger partial charge on any atom is 0.407 e. The molecule has 23 heavy (non-hydrogen) atoms. The maximum absolute atomic E-state index is 11.5. The van der Waals surface area contributed by atoms with Gasteiger partial charge in [0.05, 0.1) is 9.95 Å². The molecule has 0 radical (unpaired) electrons. The van der Waals surface area contributed by atoms with E-state index in [2.05, 4.69) is 10.6 Å². The minimum atomic E-state index is -0.567. The quantitative estimate of drug-likeness (QED) is 0.466. The Morgan fingerprint density at radius 2 is 2.00 bits per heavy atom. The van der Waals surface area contributed by atoms with Crippen LogP contribution in [0.3, 0.4) is 0 Å². The van der Waals surface area contributed by atoms with Crippen LogP contribution >= 0.6 is 11.6 Å². The lowest BCUT2D eigenvalue weighted by Crippen LogP contribution is -2.35. The normalized spacial score (nSPS) is 11.0. The lowest BCUT2D eigenvalue weighted by Gasteiger charge is -2.19. The Bertz CT molecular complexity index is 585. The van der Waals surface area contributed by atoms with Crippen molar-refractivity contribution < 1.29 is 14.5 Å². The van der Waals surface area contributed by atoms with E-state index in [1.807, 2.05) is 6.92 Å². The van der Waals surface area contributed by atoms with Gasteiger partial charge in [0.1, 0.15) is 11.3 Å². The van der Waals surface area contributed by atoms with Gasteiger partial charge in [-0.2, -0.15) is 0 Å². The number of nitro benzene ring substituents is 1. The summed E-state index contributed by atoms with van der Waals surface area (Å²) in [5.41, 5.74) is 0.536. The van der Waals surface area contributed by atoms with Gasteiger partial charge in [-0.05, 0) is 38.8 Å². The van der Waals surface area contributed by atoms with Gasteiger partial charge in [-0.3, -0.25) is 10.1 Å². The first-order valence-corrected chi connectivity index (χ1v) is 7.69. The molecule has 0 aliphatic rings. The predicted molar refractivity (Wildman–Crippen MR) is 90.2 cm³/mol. The average molecular weight is 344 g/mol. The Kier molecular flexibility index (Phi) is 6.62. The van der Waals surface area contributed by atoms with Gasteiger partial charge in [-0.15, -0.1) is 0 Å². The van der Waals surface area contributed by atoms with Gasteiger partial charge < -0.3 is 15.4 Å². The van der Waals surface area contributed by atoms with Crippen LogP contribution in [0, 0.1) is 10.1 Å². The summed E-state index contributed by atoms with van der Waals surface area (Å²) in [7, 11) is 0. The summed E-state index contributed by atoms with van der Waals surface area (Å²) in [5, 5.41) is 17.0. The first-order valence-electron chi connectivity index (χ1n) is 7.31. The molecule has 0 aliphatic carbocycles. The standard InChI is InChI=1S/C15H22ClN3O4/c1-5-10-8-12(13(19(21)22)9-11(10)16)17-6-7-18-14(20)23-15(2,3)4/h8-9,17H,5-7H2,1-4H3,(H,18,20). The van der Waals surface area contributed by atoms with Gasteiger partial charge in [0.25, 0.3) is 5.69 Å². The van der Waals surface area contributed by atoms with Crippen LogP contribution in [0.2, 0.25) is 5.02 Å². The van der Waals surface area contributed by atoms with Crippen LogP contribution in [-0.4, -0.2) is 29.7 Å². The SMILES string of the molecule is CCc1cc(NCCNC(=O)OC(C)(C)C)c([N+](=O)[O-])cc1Cl. The Morgan fingerprint density at radius 1 is 1.35 bits per heavy atom. The van der Waals surface area contributed by atoms with E-state index in [9.17, 15) is 14.9 Å². The van der Waals surface area contributed by atoms with Gasteiger partial charge in [0.15, 0.2) is 0 Å². The summed E-state index contributed by atoms with van der Waals surface area (Å²) in [5.74, 6) is 0. The largest absolute Gasteiger partial charge is 0.444 e. The minimum Gasteiger partial charge on any atom is -0.444 e. The zero-order chi connectivity index (χ0) is 17.6. The molecule has 1 amide bonds. The summed E-state index contributed by atoms with van der Waals surface area (Å²) < 4.78 is 5.10. The van der Waals surface area contributed by atoms with Crippen molar-refractivity contribution in [2.24, 2.45) is 0 Å². The third-order valence-electron chi connectivity index (χ3n) is 2.85. The van der Waals surface area contributed by atoms with Crippen LogP contribution in [0.1, 0.15) is 33.3 Å². The molecule has 0 fully saturated rings. The molecule has 1 aromatic rings. The van der Waals surface area contributed by atoms with Gasteiger partial charge in [-0.25, -0.2) is 4.79 Å². The maximum atomic E-state index is 11.5. The van der Waals surface area contributed by atoms with E-state index in [1.54, 1.807) is 26.8 Å². The lowest BCUT2D eigenvalue weighted by molar-refractivity contribution is -0.383. The van der Waals surface area contributed by atoms with Crippen molar-refractivity contribution in [3.05, 3.63) is 32.8 Å². The van der Waals surface area contributed by atoms with E-state index in [1.165, 1.54) is 6.07 Å². The molecule has 0 spiro atoms. The lowest BCUT2D eigenvalue weighted by atomic mass is 10.1. The zero-order valence-corrected chi connectivity index (χ0v) is 14.5. The number of ether oxygens (including phenoxy) is 1. The molecule has 0 unspecified atom stereocenters. The number of hydrogen-bond donors (Lipinski definition) is 2. The van der Waals surface area contributed by atoms with Crippen molar-refractivity contribution in [3.63, 3.8) is 0 Å². The molecule has 0 aliphatic heterocycles. The number of anilines is 1. The van der Waals surface area contributed by atoms with Crippen molar-refractivity contribution in [1.29, 1.82) is 0 Å². The number of halogens is 1. The highest BCUT2D eigenvalue weighted by molar-refractivity contribution is 6.31. The summed E-state index contributed by atoms with van der Waals surface area (Å²) in [6.45, 7) is 7.83. The second kappa shape index (κ2) is 8.01. The number of nitrogens with one attached hydrogen (secondary N) is 2. The number of benzene rings is 1. The van der Waals surface area contributed by atoms with Crippen molar-refractivity contribution in [2.75, 3.05) is 18.4 Å². The summed E-state index contributed by atoms with van der Waals surface area (Å²) in [4.78, 5) is 22.1. The average Bonchev–Trinajstić information content (AvgIpc) is 2.42. The highest BCUT2D eigenvalue weighted by Crippen LogP contribution is 2.31. The van der Waals surface area contributed by atoms with Gasteiger partial charge in [0.2, 0.25) is 0 Å². The molecule has 0 atom stereocenters. The van der Waals surface area contributed by atoms with Gasteiger partial charge >= 0.3 is 6.09 Å². The number of hydrogen-bond acceptors (Lipinski definition) is 5. The van der Waals surface area contributed by atoms with Crippen molar-refractivity contribution in [1.82, 2.24) is 5.32 Å². The Labute approximate surface area is 140 Å². The molecule has 0 bridgehead atoms. The molecule has 0 aromatic heterocycles. The molecule has 1 aromatic carbocycles.